The largest absolute Gasteiger partial charge is 0.408 e. The molecule has 2 unspecified atom stereocenters. The molecule has 4 atom stereocenters. The van der Waals surface area contributed by atoms with E-state index in [2.05, 4.69) is 60.7 Å². The van der Waals surface area contributed by atoms with Crippen molar-refractivity contribution in [2.75, 3.05) is 12.4 Å². The van der Waals surface area contributed by atoms with Gasteiger partial charge in [-0.3, -0.25) is 9.36 Å². The van der Waals surface area contributed by atoms with Crippen molar-refractivity contribution in [1.82, 2.24) is 19.5 Å². The topological polar surface area (TPSA) is 100 Å². The number of imidazole rings is 1. The molecule has 1 aliphatic heterocycles. The minimum Gasteiger partial charge on any atom is -0.408 e. The molecule has 1 amide bonds. The third-order valence-electron chi connectivity index (χ3n) is 6.87. The third-order valence-corrected chi connectivity index (χ3v) is 11.3. The molecule has 10 heteroatoms. The molecule has 1 N–H and O–H groups in total. The Kier molecular flexibility index (Phi) is 6.92. The maximum absolute atomic E-state index is 12.7. The highest BCUT2D eigenvalue weighted by Crippen LogP contribution is 2.42. The molecular formula is C25H33N5O4Si. The summed E-state index contributed by atoms with van der Waals surface area (Å²) < 4.78 is 20.8. The summed E-state index contributed by atoms with van der Waals surface area (Å²) in [7, 11) is -0.473. The van der Waals surface area contributed by atoms with Crippen LogP contribution in [0.4, 0.5) is 5.82 Å². The average Bonchev–Trinajstić information content (AvgIpc) is 3.40. The molecule has 3 heterocycles. The summed E-state index contributed by atoms with van der Waals surface area (Å²) in [5.74, 6) is 0.0468. The molecule has 3 aromatic rings. The van der Waals surface area contributed by atoms with Gasteiger partial charge in [-0.25, -0.2) is 15.0 Å². The highest BCUT2D eigenvalue weighted by molar-refractivity contribution is 6.74. The Morgan fingerprint density at radius 2 is 1.89 bits per heavy atom. The minimum absolute atomic E-state index is 0.0237. The Bertz CT molecular complexity index is 1210. The van der Waals surface area contributed by atoms with Crippen LogP contribution in [0.2, 0.25) is 18.1 Å². The molecule has 0 bridgehead atoms. The van der Waals surface area contributed by atoms with Gasteiger partial charge in [-0.05, 0) is 30.3 Å². The van der Waals surface area contributed by atoms with E-state index in [0.717, 1.165) is 0 Å². The van der Waals surface area contributed by atoms with E-state index in [9.17, 15) is 4.79 Å². The van der Waals surface area contributed by atoms with Crippen molar-refractivity contribution in [2.24, 2.45) is 0 Å². The van der Waals surface area contributed by atoms with E-state index in [-0.39, 0.29) is 23.2 Å². The van der Waals surface area contributed by atoms with Gasteiger partial charge >= 0.3 is 0 Å². The molecule has 0 aliphatic carbocycles. The fourth-order valence-corrected chi connectivity index (χ4v) is 5.18. The lowest BCUT2D eigenvalue weighted by molar-refractivity contribution is -0.0438. The molecule has 9 nitrogen and oxygen atoms in total. The number of aromatic nitrogens is 4. The predicted octanol–water partition coefficient (Wildman–Crippen LogP) is 4.57. The Morgan fingerprint density at radius 1 is 1.17 bits per heavy atom. The van der Waals surface area contributed by atoms with Crippen LogP contribution in [0.3, 0.4) is 0 Å². The second kappa shape index (κ2) is 9.61. The van der Waals surface area contributed by atoms with E-state index in [1.807, 2.05) is 6.07 Å². The van der Waals surface area contributed by atoms with E-state index >= 15 is 0 Å². The van der Waals surface area contributed by atoms with E-state index in [0.29, 0.717) is 22.5 Å². The summed E-state index contributed by atoms with van der Waals surface area (Å²) in [6, 6.07) is 8.94. The number of fused-ring (bicyclic) bond motifs is 1. The van der Waals surface area contributed by atoms with Gasteiger partial charge in [0, 0.05) is 12.7 Å². The number of nitrogens with zero attached hydrogens (tertiary/aromatic N) is 4. The van der Waals surface area contributed by atoms with Gasteiger partial charge in [0.1, 0.15) is 24.6 Å². The number of ether oxygens (including phenoxy) is 2. The van der Waals surface area contributed by atoms with Crippen LogP contribution in [-0.4, -0.2) is 59.2 Å². The smallest absolute Gasteiger partial charge is 0.256 e. The molecule has 186 valence electrons. The van der Waals surface area contributed by atoms with Crippen molar-refractivity contribution < 1.29 is 18.7 Å². The molecular weight excluding hydrogens is 462 g/mol. The summed E-state index contributed by atoms with van der Waals surface area (Å²) >= 11 is 0. The summed E-state index contributed by atoms with van der Waals surface area (Å²) in [4.78, 5) is 25.9. The zero-order valence-electron chi connectivity index (χ0n) is 21.1. The number of anilines is 1. The number of benzene rings is 1. The number of amides is 1. The molecule has 35 heavy (non-hydrogen) atoms. The van der Waals surface area contributed by atoms with Gasteiger partial charge in [0.15, 0.2) is 31.5 Å². The number of carbonyl (C=O) groups excluding carboxylic acids is 1. The normalized spacial score (nSPS) is 22.9. The molecule has 0 radical (unpaired) electrons. The monoisotopic (exact) mass is 495 g/mol. The van der Waals surface area contributed by atoms with Crippen LogP contribution in [0.5, 0.6) is 0 Å². The van der Waals surface area contributed by atoms with Crippen molar-refractivity contribution in [3.8, 4) is 0 Å². The second-order valence-electron chi connectivity index (χ2n) is 10.1. The molecule has 2 aromatic heterocycles. The summed E-state index contributed by atoms with van der Waals surface area (Å²) in [5.41, 5.74) is 1.50. The van der Waals surface area contributed by atoms with Gasteiger partial charge in [-0.1, -0.05) is 45.0 Å². The maximum Gasteiger partial charge on any atom is 0.256 e. The van der Waals surface area contributed by atoms with Crippen molar-refractivity contribution in [3.05, 3.63) is 61.2 Å². The number of hydrogen-bond acceptors (Lipinski definition) is 7. The number of nitrogens with one attached hydrogen (secondary N) is 1. The van der Waals surface area contributed by atoms with E-state index < -0.39 is 20.6 Å². The molecule has 1 fully saturated rings. The highest BCUT2D eigenvalue weighted by Gasteiger charge is 2.50. The average molecular weight is 496 g/mol. The Labute approximate surface area is 206 Å². The Morgan fingerprint density at radius 3 is 2.51 bits per heavy atom. The van der Waals surface area contributed by atoms with Crippen LogP contribution in [-0.2, 0) is 13.9 Å². The molecule has 4 rings (SSSR count). The van der Waals surface area contributed by atoms with Crippen molar-refractivity contribution in [1.29, 1.82) is 0 Å². The first-order valence-corrected chi connectivity index (χ1v) is 14.5. The van der Waals surface area contributed by atoms with E-state index in [1.54, 1.807) is 48.3 Å². The van der Waals surface area contributed by atoms with Gasteiger partial charge in [-0.15, -0.1) is 6.58 Å². The Hall–Kier alpha value is -2.92. The van der Waals surface area contributed by atoms with Crippen molar-refractivity contribution in [2.45, 2.75) is 63.4 Å². The quantitative estimate of drug-likeness (QED) is 0.379. The molecule has 1 saturated heterocycles. The number of hydrogen-bond donors (Lipinski definition) is 1. The van der Waals surface area contributed by atoms with Gasteiger partial charge in [-0.2, -0.15) is 0 Å². The highest BCUT2D eigenvalue weighted by atomic mass is 28.4. The van der Waals surface area contributed by atoms with Crippen molar-refractivity contribution in [3.63, 3.8) is 0 Å². The zero-order chi connectivity index (χ0) is 25.4. The fourth-order valence-electron chi connectivity index (χ4n) is 3.88. The van der Waals surface area contributed by atoms with Crippen LogP contribution in [0, 0.1) is 0 Å². The summed E-state index contributed by atoms with van der Waals surface area (Å²) in [5, 5.41) is 2.86. The lowest BCUT2D eigenvalue weighted by Crippen LogP contribution is -2.49. The van der Waals surface area contributed by atoms with Crippen molar-refractivity contribution >= 4 is 31.2 Å². The molecule has 0 saturated carbocycles. The standard InChI is InChI=1S/C25H33N5O4Si/c1-8-17-19(34-35(6,7)25(2,3)4)20(32-5)24(33-17)30-15-28-18-21(26-14-27-22(18)30)29-23(31)16-12-10-9-11-13-16/h8-15,17,19-20,24H,1H2,2-7H3,(H,26,27,29,31)/t17-,19?,20?,24-/m1/s1. The van der Waals surface area contributed by atoms with Crippen LogP contribution < -0.4 is 5.32 Å². The SMILES string of the molecule is C=C[C@H]1O[C@@H](n2cnc3c(NC(=O)c4ccccc4)ncnc32)C(OC)C1O[Si](C)(C)C(C)(C)C. The fraction of sp³-hybridized carbons (Fsp3) is 0.440. The zero-order valence-corrected chi connectivity index (χ0v) is 22.1. The first-order valence-electron chi connectivity index (χ1n) is 11.6. The number of carbonyl (C=O) groups is 1. The summed E-state index contributed by atoms with van der Waals surface area (Å²) in [6.07, 6.45) is 3.12. The van der Waals surface area contributed by atoms with Gasteiger partial charge in [0.25, 0.3) is 5.91 Å². The summed E-state index contributed by atoms with van der Waals surface area (Å²) in [6.45, 7) is 15.0. The van der Waals surface area contributed by atoms with Gasteiger partial charge in [0.2, 0.25) is 0 Å². The van der Waals surface area contributed by atoms with Crippen LogP contribution >= 0.6 is 0 Å². The lowest BCUT2D eigenvalue weighted by atomic mass is 10.1. The molecule has 0 spiro atoms. The number of rotatable bonds is 7. The van der Waals surface area contributed by atoms with Crippen LogP contribution in [0.15, 0.2) is 55.6 Å². The van der Waals surface area contributed by atoms with E-state index in [1.165, 1.54) is 6.33 Å². The van der Waals surface area contributed by atoms with E-state index in [4.69, 9.17) is 13.9 Å². The Balaban J connectivity index is 1.65. The predicted molar refractivity (Wildman–Crippen MR) is 137 cm³/mol. The number of methoxy groups -OCH3 is 1. The molecule has 1 aliphatic rings. The second-order valence-corrected chi connectivity index (χ2v) is 14.9. The molecule has 1 aromatic carbocycles. The van der Waals surface area contributed by atoms with Gasteiger partial charge in [0.05, 0.1) is 6.33 Å². The lowest BCUT2D eigenvalue weighted by Gasteiger charge is -2.40. The maximum atomic E-state index is 12.7. The first-order chi connectivity index (χ1) is 16.6. The third kappa shape index (κ3) is 4.79. The minimum atomic E-state index is -2.12. The van der Waals surface area contributed by atoms with Crippen LogP contribution in [0.1, 0.15) is 37.4 Å². The van der Waals surface area contributed by atoms with Gasteiger partial charge < -0.3 is 19.2 Å². The van der Waals surface area contributed by atoms with Crippen LogP contribution in [0.25, 0.3) is 11.2 Å². The first kappa shape index (κ1) is 25.2.